The van der Waals surface area contributed by atoms with Gasteiger partial charge in [0.15, 0.2) is 0 Å². The van der Waals surface area contributed by atoms with Gasteiger partial charge in [0.1, 0.15) is 0 Å². The zero-order chi connectivity index (χ0) is 8.24. The van der Waals surface area contributed by atoms with Crippen LogP contribution in [0.25, 0.3) is 0 Å². The topological polar surface area (TPSA) is 104 Å². The molecule has 0 saturated heterocycles. The summed E-state index contributed by atoms with van der Waals surface area (Å²) in [6.45, 7) is 0.790. The summed E-state index contributed by atoms with van der Waals surface area (Å²) in [6.07, 6.45) is 6.86. The molecule has 4 nitrogen and oxygen atoms in total. The van der Waals surface area contributed by atoms with Gasteiger partial charge in [-0.2, -0.15) is 0 Å². The highest BCUT2D eigenvalue weighted by Gasteiger charge is 1.78. The first-order chi connectivity index (χ1) is 4.91. The summed E-state index contributed by atoms with van der Waals surface area (Å²) in [5.41, 5.74) is 10.4. The molecule has 0 bridgehead atoms. The van der Waals surface area contributed by atoms with E-state index in [1.54, 1.807) is 6.20 Å². The Morgan fingerprint density at radius 2 is 1.70 bits per heavy atom. The van der Waals surface area contributed by atoms with Crippen LogP contribution in [-0.4, -0.2) is 6.54 Å². The Bertz CT molecular complexity index is 62.8. The van der Waals surface area contributed by atoms with Crippen molar-refractivity contribution in [2.75, 3.05) is 6.54 Å². The molecule has 0 aliphatic heterocycles. The predicted octanol–water partition coefficient (Wildman–Crippen LogP) is -0.593. The van der Waals surface area contributed by atoms with Crippen LogP contribution in [0.4, 0.5) is 0 Å². The van der Waals surface area contributed by atoms with Crippen LogP contribution in [0, 0.1) is 0 Å². The van der Waals surface area contributed by atoms with Gasteiger partial charge >= 0.3 is 0 Å². The molecular formula is C6H18N4. The summed E-state index contributed by atoms with van der Waals surface area (Å²) in [5.74, 6) is 8.00. The minimum Gasteiger partial charge on any atom is -0.405 e. The average molecular weight is 146 g/mol. The second kappa shape index (κ2) is 15.8. The van der Waals surface area contributed by atoms with E-state index in [-0.39, 0.29) is 0 Å². The normalized spacial score (nSPS) is 9.10. The van der Waals surface area contributed by atoms with E-state index in [2.05, 4.69) is 11.7 Å². The second-order valence-corrected chi connectivity index (χ2v) is 1.71. The third kappa shape index (κ3) is 15.7. The van der Waals surface area contributed by atoms with Crippen LogP contribution in [0.15, 0.2) is 12.3 Å². The van der Waals surface area contributed by atoms with Gasteiger partial charge in [-0.15, -0.1) is 0 Å². The van der Waals surface area contributed by atoms with Crippen LogP contribution in [0.1, 0.15) is 19.3 Å². The highest BCUT2D eigenvalue weighted by molar-refractivity contribution is 4.74. The fraction of sp³-hybridized carbons (Fsp3) is 0.667. The van der Waals surface area contributed by atoms with E-state index >= 15 is 0 Å². The molecule has 4 heteroatoms. The van der Waals surface area contributed by atoms with Gasteiger partial charge in [-0.25, -0.2) is 0 Å². The van der Waals surface area contributed by atoms with Gasteiger partial charge in [-0.1, -0.05) is 6.08 Å². The maximum absolute atomic E-state index is 5.26. The summed E-state index contributed by atoms with van der Waals surface area (Å²) >= 11 is 0. The minimum atomic E-state index is 0.790. The predicted molar refractivity (Wildman–Crippen MR) is 44.6 cm³/mol. The molecule has 10 heavy (non-hydrogen) atoms. The molecule has 0 amide bonds. The SMILES string of the molecule is NC=CCCCCN.NN. The average Bonchev–Trinajstić information content (AvgIpc) is 2.02. The number of hydrazine groups is 1. The Morgan fingerprint density at radius 3 is 2.10 bits per heavy atom. The van der Waals surface area contributed by atoms with Gasteiger partial charge in [-0.3, -0.25) is 11.7 Å². The van der Waals surface area contributed by atoms with Crippen molar-refractivity contribution in [3.63, 3.8) is 0 Å². The van der Waals surface area contributed by atoms with E-state index in [0.717, 1.165) is 25.8 Å². The van der Waals surface area contributed by atoms with E-state index < -0.39 is 0 Å². The molecule has 0 heterocycles. The van der Waals surface area contributed by atoms with Crippen LogP contribution in [0.2, 0.25) is 0 Å². The van der Waals surface area contributed by atoms with Crippen molar-refractivity contribution in [3.8, 4) is 0 Å². The Kier molecular flexibility index (Phi) is 19.1. The van der Waals surface area contributed by atoms with Crippen LogP contribution < -0.4 is 23.2 Å². The molecule has 0 atom stereocenters. The molecule has 0 aromatic carbocycles. The molecule has 0 aliphatic carbocycles. The van der Waals surface area contributed by atoms with Gasteiger partial charge in [0.05, 0.1) is 0 Å². The molecule has 0 unspecified atom stereocenters. The monoisotopic (exact) mass is 146 g/mol. The lowest BCUT2D eigenvalue weighted by atomic mass is 10.2. The Hall–Kier alpha value is -0.580. The van der Waals surface area contributed by atoms with E-state index in [4.69, 9.17) is 11.5 Å². The Balaban J connectivity index is 0. The number of unbranched alkanes of at least 4 members (excludes halogenated alkanes) is 2. The number of hydrogen-bond donors (Lipinski definition) is 4. The smallest absolute Gasteiger partial charge is 0.00772 e. The maximum Gasteiger partial charge on any atom is -0.00772 e. The lowest BCUT2D eigenvalue weighted by Gasteiger charge is -1.89. The van der Waals surface area contributed by atoms with Crippen molar-refractivity contribution in [1.82, 2.24) is 0 Å². The first-order valence-corrected chi connectivity index (χ1v) is 3.32. The minimum absolute atomic E-state index is 0.790. The van der Waals surface area contributed by atoms with E-state index in [0.29, 0.717) is 0 Å². The van der Waals surface area contributed by atoms with Crippen LogP contribution >= 0.6 is 0 Å². The molecule has 0 aromatic heterocycles. The molecule has 0 radical (unpaired) electrons. The number of nitrogens with two attached hydrogens (primary N) is 4. The van der Waals surface area contributed by atoms with E-state index in [9.17, 15) is 0 Å². The van der Waals surface area contributed by atoms with Crippen LogP contribution in [0.5, 0.6) is 0 Å². The zero-order valence-electron chi connectivity index (χ0n) is 6.29. The molecule has 0 spiro atoms. The maximum atomic E-state index is 5.26. The van der Waals surface area contributed by atoms with Crippen molar-refractivity contribution >= 4 is 0 Å². The van der Waals surface area contributed by atoms with E-state index in [1.807, 2.05) is 6.08 Å². The largest absolute Gasteiger partial charge is 0.405 e. The lowest BCUT2D eigenvalue weighted by molar-refractivity contribution is 0.758. The van der Waals surface area contributed by atoms with Crippen molar-refractivity contribution in [2.45, 2.75) is 19.3 Å². The summed E-state index contributed by atoms with van der Waals surface area (Å²) in [4.78, 5) is 0. The quantitative estimate of drug-likeness (QED) is 0.241. The van der Waals surface area contributed by atoms with Crippen molar-refractivity contribution < 1.29 is 0 Å². The van der Waals surface area contributed by atoms with Crippen LogP contribution in [0.3, 0.4) is 0 Å². The second-order valence-electron chi connectivity index (χ2n) is 1.71. The Labute approximate surface area is 62.2 Å². The zero-order valence-corrected chi connectivity index (χ0v) is 6.29. The van der Waals surface area contributed by atoms with Gasteiger partial charge in [0, 0.05) is 0 Å². The highest BCUT2D eigenvalue weighted by Crippen LogP contribution is 1.92. The molecule has 0 fully saturated rings. The first-order valence-electron chi connectivity index (χ1n) is 3.32. The lowest BCUT2D eigenvalue weighted by Crippen LogP contribution is -2.02. The standard InChI is InChI=1S/C6H14N2.H4N2/c7-5-3-1-2-4-6-8;1-2/h3,5H,1-2,4,6-8H2;1-2H2. The number of allylic oxidation sites excluding steroid dienone is 1. The van der Waals surface area contributed by atoms with E-state index in [1.165, 1.54) is 0 Å². The van der Waals surface area contributed by atoms with Crippen molar-refractivity contribution in [3.05, 3.63) is 12.3 Å². The molecular weight excluding hydrogens is 128 g/mol. The fourth-order valence-corrected chi connectivity index (χ4v) is 0.503. The summed E-state index contributed by atoms with van der Waals surface area (Å²) < 4.78 is 0. The molecule has 0 rings (SSSR count). The Morgan fingerprint density at radius 1 is 1.10 bits per heavy atom. The van der Waals surface area contributed by atoms with Gasteiger partial charge < -0.3 is 11.5 Å². The third-order valence-electron chi connectivity index (χ3n) is 0.961. The van der Waals surface area contributed by atoms with Gasteiger partial charge in [0.2, 0.25) is 0 Å². The number of hydrogen-bond acceptors (Lipinski definition) is 4. The van der Waals surface area contributed by atoms with Crippen molar-refractivity contribution in [2.24, 2.45) is 23.2 Å². The van der Waals surface area contributed by atoms with Crippen LogP contribution in [-0.2, 0) is 0 Å². The molecule has 0 saturated carbocycles. The first kappa shape index (κ1) is 12.1. The fourth-order valence-electron chi connectivity index (χ4n) is 0.503. The highest BCUT2D eigenvalue weighted by atomic mass is 15.0. The third-order valence-corrected chi connectivity index (χ3v) is 0.961. The van der Waals surface area contributed by atoms with Gasteiger partial charge in [-0.05, 0) is 32.0 Å². The summed E-state index contributed by atoms with van der Waals surface area (Å²) in [6, 6.07) is 0. The number of rotatable bonds is 4. The molecule has 8 N–H and O–H groups in total. The van der Waals surface area contributed by atoms with Crippen molar-refractivity contribution in [1.29, 1.82) is 0 Å². The molecule has 0 aliphatic rings. The summed E-state index contributed by atoms with van der Waals surface area (Å²) in [7, 11) is 0. The molecule has 0 aromatic rings. The van der Waals surface area contributed by atoms with Gasteiger partial charge in [0.25, 0.3) is 0 Å². The summed E-state index contributed by atoms with van der Waals surface area (Å²) in [5, 5.41) is 0. The molecule has 62 valence electrons.